The molecular formula is C9H11N3O4. The summed E-state index contributed by atoms with van der Waals surface area (Å²) in [6, 6.07) is 0. The van der Waals surface area contributed by atoms with Crippen molar-refractivity contribution in [1.29, 1.82) is 0 Å². The average Bonchev–Trinajstić information content (AvgIpc) is 2.70. The van der Waals surface area contributed by atoms with Crippen LogP contribution in [0.1, 0.15) is 16.2 Å². The van der Waals surface area contributed by atoms with Crippen LogP contribution in [0.15, 0.2) is 6.33 Å². The minimum Gasteiger partial charge on any atom is -0.476 e. The molecule has 7 nitrogen and oxygen atoms in total. The van der Waals surface area contributed by atoms with Gasteiger partial charge in [-0.25, -0.2) is 14.6 Å². The van der Waals surface area contributed by atoms with Crippen molar-refractivity contribution in [3.63, 3.8) is 0 Å². The molecule has 0 aliphatic carbocycles. The van der Waals surface area contributed by atoms with E-state index in [0.29, 0.717) is 18.8 Å². The minimum atomic E-state index is -1.08. The van der Waals surface area contributed by atoms with E-state index in [0.717, 1.165) is 0 Å². The third-order valence-electron chi connectivity index (χ3n) is 2.53. The lowest BCUT2D eigenvalue weighted by atomic mass is 10.2. The Morgan fingerprint density at radius 1 is 1.50 bits per heavy atom. The van der Waals surface area contributed by atoms with Gasteiger partial charge in [0.1, 0.15) is 0 Å². The summed E-state index contributed by atoms with van der Waals surface area (Å²) < 4.78 is 6.33. The summed E-state index contributed by atoms with van der Waals surface area (Å²) in [6.45, 7) is 1.24. The van der Waals surface area contributed by atoms with Crippen LogP contribution in [-0.4, -0.2) is 45.3 Å². The highest BCUT2D eigenvalue weighted by atomic mass is 16.5. The number of imidazole rings is 1. The van der Waals surface area contributed by atoms with E-state index in [-0.39, 0.29) is 12.2 Å². The van der Waals surface area contributed by atoms with Crippen LogP contribution in [0.3, 0.4) is 0 Å². The van der Waals surface area contributed by atoms with Gasteiger partial charge in [-0.05, 0) is 0 Å². The number of ether oxygens (including phenoxy) is 1. The average molecular weight is 225 g/mol. The number of hydrogen-bond acceptors (Lipinski definition) is 4. The molecule has 1 aromatic rings. The molecular weight excluding hydrogens is 214 g/mol. The lowest BCUT2D eigenvalue weighted by Crippen LogP contribution is -2.38. The number of hydrogen-bond donors (Lipinski definition) is 1. The van der Waals surface area contributed by atoms with Gasteiger partial charge in [0, 0.05) is 13.1 Å². The maximum absolute atomic E-state index is 11.3. The maximum Gasteiger partial charge on any atom is 0.409 e. The molecule has 1 aromatic heterocycles. The van der Waals surface area contributed by atoms with Crippen molar-refractivity contribution in [3.05, 3.63) is 17.7 Å². The Labute approximate surface area is 91.2 Å². The van der Waals surface area contributed by atoms with E-state index in [9.17, 15) is 9.59 Å². The number of methoxy groups -OCH3 is 1. The van der Waals surface area contributed by atoms with Crippen LogP contribution in [0.2, 0.25) is 0 Å². The van der Waals surface area contributed by atoms with Gasteiger partial charge in [-0.3, -0.25) is 0 Å². The number of carboxylic acid groups (broad SMARTS) is 1. The quantitative estimate of drug-likeness (QED) is 0.736. The van der Waals surface area contributed by atoms with Gasteiger partial charge in [-0.2, -0.15) is 0 Å². The van der Waals surface area contributed by atoms with Crippen LogP contribution in [0.5, 0.6) is 0 Å². The van der Waals surface area contributed by atoms with Crippen molar-refractivity contribution in [3.8, 4) is 0 Å². The third kappa shape index (κ3) is 1.60. The summed E-state index contributed by atoms with van der Waals surface area (Å²) in [5.41, 5.74) is 0.526. The van der Waals surface area contributed by atoms with Crippen molar-refractivity contribution < 1.29 is 19.4 Å². The summed E-state index contributed by atoms with van der Waals surface area (Å²) in [5.74, 6) is -1.08. The molecule has 0 aromatic carbocycles. The van der Waals surface area contributed by atoms with Crippen LogP contribution in [0.25, 0.3) is 0 Å². The largest absolute Gasteiger partial charge is 0.476 e. The molecule has 0 saturated carbocycles. The van der Waals surface area contributed by atoms with Crippen LogP contribution in [-0.2, 0) is 17.8 Å². The summed E-state index contributed by atoms with van der Waals surface area (Å²) in [6.07, 6.45) is 1.02. The van der Waals surface area contributed by atoms with E-state index in [1.165, 1.54) is 18.3 Å². The minimum absolute atomic E-state index is 0.00592. The van der Waals surface area contributed by atoms with Gasteiger partial charge < -0.3 is 19.3 Å². The molecule has 1 amide bonds. The smallest absolute Gasteiger partial charge is 0.409 e. The van der Waals surface area contributed by atoms with E-state index < -0.39 is 12.1 Å². The van der Waals surface area contributed by atoms with Crippen LogP contribution in [0.4, 0.5) is 4.79 Å². The normalized spacial score (nSPS) is 14.4. The van der Waals surface area contributed by atoms with Crippen LogP contribution in [0, 0.1) is 0 Å². The van der Waals surface area contributed by atoms with Crippen LogP contribution < -0.4 is 0 Å². The van der Waals surface area contributed by atoms with E-state index in [2.05, 4.69) is 9.72 Å². The zero-order chi connectivity index (χ0) is 11.7. The highest BCUT2D eigenvalue weighted by Crippen LogP contribution is 2.16. The summed E-state index contributed by atoms with van der Waals surface area (Å²) in [5, 5.41) is 8.90. The number of aromatic carboxylic acids is 1. The molecule has 1 N–H and O–H groups in total. The van der Waals surface area contributed by atoms with Gasteiger partial charge in [0.2, 0.25) is 0 Å². The molecule has 0 atom stereocenters. The molecule has 1 aliphatic heterocycles. The number of fused-ring (bicyclic) bond motifs is 1. The van der Waals surface area contributed by atoms with Gasteiger partial charge in [0.25, 0.3) is 0 Å². The number of amides is 1. The van der Waals surface area contributed by atoms with Crippen LogP contribution >= 0.6 is 0 Å². The first-order valence-corrected chi connectivity index (χ1v) is 4.73. The molecule has 2 heterocycles. The molecule has 7 heteroatoms. The second kappa shape index (κ2) is 3.84. The van der Waals surface area contributed by atoms with Crippen molar-refractivity contribution in [1.82, 2.24) is 14.5 Å². The molecule has 86 valence electrons. The van der Waals surface area contributed by atoms with E-state index >= 15 is 0 Å². The first kappa shape index (κ1) is 10.5. The van der Waals surface area contributed by atoms with Crippen molar-refractivity contribution >= 4 is 12.1 Å². The van der Waals surface area contributed by atoms with E-state index in [1.807, 2.05) is 0 Å². The molecule has 2 rings (SSSR count). The molecule has 0 spiro atoms. The Hall–Kier alpha value is -2.05. The zero-order valence-corrected chi connectivity index (χ0v) is 8.71. The number of carboxylic acids is 1. The van der Waals surface area contributed by atoms with Crippen molar-refractivity contribution in [2.75, 3.05) is 13.7 Å². The van der Waals surface area contributed by atoms with E-state index in [4.69, 9.17) is 5.11 Å². The lowest BCUT2D eigenvalue weighted by molar-refractivity contribution is 0.0684. The van der Waals surface area contributed by atoms with Gasteiger partial charge in [0.15, 0.2) is 5.69 Å². The molecule has 0 radical (unpaired) electrons. The summed E-state index contributed by atoms with van der Waals surface area (Å²) in [4.78, 5) is 27.4. The highest BCUT2D eigenvalue weighted by molar-refractivity contribution is 5.86. The molecule has 0 bridgehead atoms. The van der Waals surface area contributed by atoms with Gasteiger partial charge in [-0.15, -0.1) is 0 Å². The standard InChI is InChI=1S/C9H11N3O4/c1-16-9(15)11-2-3-12-5-10-7(8(13)14)6(12)4-11/h5H,2-4H2,1H3,(H,13,14). The Kier molecular flexibility index (Phi) is 2.51. The third-order valence-corrected chi connectivity index (χ3v) is 2.53. The SMILES string of the molecule is COC(=O)N1CCn2cnc(C(=O)O)c2C1. The Balaban J connectivity index is 2.27. The van der Waals surface area contributed by atoms with Crippen molar-refractivity contribution in [2.45, 2.75) is 13.1 Å². The fraction of sp³-hybridized carbons (Fsp3) is 0.444. The summed E-state index contributed by atoms with van der Waals surface area (Å²) in [7, 11) is 1.30. The van der Waals surface area contributed by atoms with Gasteiger partial charge in [0.05, 0.1) is 25.7 Å². The zero-order valence-electron chi connectivity index (χ0n) is 8.71. The Morgan fingerprint density at radius 2 is 2.25 bits per heavy atom. The predicted molar refractivity (Wildman–Crippen MR) is 52.0 cm³/mol. The molecule has 0 saturated heterocycles. The van der Waals surface area contributed by atoms with Gasteiger partial charge >= 0.3 is 12.1 Å². The van der Waals surface area contributed by atoms with Crippen molar-refractivity contribution in [2.24, 2.45) is 0 Å². The Morgan fingerprint density at radius 3 is 2.88 bits per heavy atom. The molecule has 0 unspecified atom stereocenters. The highest BCUT2D eigenvalue weighted by Gasteiger charge is 2.26. The monoisotopic (exact) mass is 225 g/mol. The Bertz CT molecular complexity index is 440. The van der Waals surface area contributed by atoms with E-state index in [1.54, 1.807) is 4.57 Å². The number of nitrogens with zero attached hydrogens (tertiary/aromatic N) is 3. The second-order valence-electron chi connectivity index (χ2n) is 3.43. The second-order valence-corrected chi connectivity index (χ2v) is 3.43. The first-order chi connectivity index (χ1) is 7.63. The molecule has 0 fully saturated rings. The summed E-state index contributed by atoms with van der Waals surface area (Å²) >= 11 is 0. The molecule has 16 heavy (non-hydrogen) atoms. The fourth-order valence-electron chi connectivity index (χ4n) is 1.72. The first-order valence-electron chi connectivity index (χ1n) is 4.73. The number of carbonyl (C=O) groups excluding carboxylic acids is 1. The lowest BCUT2D eigenvalue weighted by Gasteiger charge is -2.27. The number of aromatic nitrogens is 2. The van der Waals surface area contributed by atoms with Gasteiger partial charge in [-0.1, -0.05) is 0 Å². The fourth-order valence-corrected chi connectivity index (χ4v) is 1.72. The number of rotatable bonds is 1. The number of carbonyl (C=O) groups is 2. The topological polar surface area (TPSA) is 84.7 Å². The maximum atomic E-state index is 11.3. The predicted octanol–water partition coefficient (Wildman–Crippen LogP) is 0.163. The molecule has 1 aliphatic rings.